The Morgan fingerprint density at radius 3 is 2.56 bits per heavy atom. The van der Waals surface area contributed by atoms with Gasteiger partial charge in [-0.2, -0.15) is 0 Å². The van der Waals surface area contributed by atoms with E-state index >= 15 is 0 Å². The molecule has 25 heavy (non-hydrogen) atoms. The van der Waals surface area contributed by atoms with Crippen molar-refractivity contribution in [3.05, 3.63) is 35.9 Å². The monoisotopic (exact) mass is 365 g/mol. The number of nitrogens with one attached hydrogen (secondary N) is 1. The molecule has 0 radical (unpaired) electrons. The predicted octanol–water partition coefficient (Wildman–Crippen LogP) is 1.85. The van der Waals surface area contributed by atoms with Crippen molar-refractivity contribution in [2.24, 2.45) is 0 Å². The molecule has 2 aliphatic rings. The van der Waals surface area contributed by atoms with Gasteiger partial charge in [0, 0.05) is 25.7 Å². The minimum atomic E-state index is -0.267. The van der Waals surface area contributed by atoms with Gasteiger partial charge in [-0.25, -0.2) is 0 Å². The highest BCUT2D eigenvalue weighted by molar-refractivity contribution is 5.89. The van der Waals surface area contributed by atoms with Gasteiger partial charge < -0.3 is 15.1 Å². The van der Waals surface area contributed by atoms with Crippen LogP contribution in [-0.4, -0.2) is 60.4 Å². The number of halogens is 1. The van der Waals surface area contributed by atoms with Crippen molar-refractivity contribution >= 4 is 24.2 Å². The van der Waals surface area contributed by atoms with Gasteiger partial charge >= 0.3 is 0 Å². The highest BCUT2D eigenvalue weighted by Gasteiger charge is 2.37. The fourth-order valence-electron chi connectivity index (χ4n) is 3.82. The number of carbonyl (C=O) groups excluding carboxylic acids is 2. The standard InChI is InChI=1S/C19H27N3O2.ClH/c1-20-16-9-5-11-21(14-16)19(24)17-10-6-12-22(17)18(23)13-15-7-3-2-4-8-15;/h2-4,7-8,16-17,20H,5-6,9-14H2,1H3;1H. The second kappa shape index (κ2) is 9.20. The number of amides is 2. The molecule has 1 aromatic carbocycles. The van der Waals surface area contributed by atoms with Crippen LogP contribution in [0.25, 0.3) is 0 Å². The third-order valence-corrected chi connectivity index (χ3v) is 5.20. The van der Waals surface area contributed by atoms with E-state index in [1.807, 2.05) is 42.3 Å². The topological polar surface area (TPSA) is 52.7 Å². The van der Waals surface area contributed by atoms with Gasteiger partial charge in [0.2, 0.25) is 11.8 Å². The number of benzene rings is 1. The van der Waals surface area contributed by atoms with Gasteiger partial charge in [0.05, 0.1) is 6.42 Å². The number of nitrogens with zero attached hydrogens (tertiary/aromatic N) is 2. The van der Waals surface area contributed by atoms with Gasteiger partial charge in [-0.1, -0.05) is 30.3 Å². The van der Waals surface area contributed by atoms with E-state index in [9.17, 15) is 9.59 Å². The molecule has 2 heterocycles. The SMILES string of the molecule is CNC1CCCN(C(=O)C2CCCN2C(=O)Cc2ccccc2)C1.Cl. The number of hydrogen-bond acceptors (Lipinski definition) is 3. The normalized spacial score (nSPS) is 23.2. The highest BCUT2D eigenvalue weighted by atomic mass is 35.5. The molecule has 0 saturated carbocycles. The van der Waals surface area contributed by atoms with Crippen molar-refractivity contribution in [3.63, 3.8) is 0 Å². The summed E-state index contributed by atoms with van der Waals surface area (Å²) in [5.74, 6) is 0.202. The summed E-state index contributed by atoms with van der Waals surface area (Å²) < 4.78 is 0. The third kappa shape index (κ3) is 4.73. The maximum Gasteiger partial charge on any atom is 0.245 e. The average Bonchev–Trinajstić information content (AvgIpc) is 3.12. The van der Waals surface area contributed by atoms with E-state index in [-0.39, 0.29) is 30.3 Å². The van der Waals surface area contributed by atoms with Crippen molar-refractivity contribution in [1.82, 2.24) is 15.1 Å². The molecule has 0 spiro atoms. The summed E-state index contributed by atoms with van der Waals surface area (Å²) in [5.41, 5.74) is 1.01. The lowest BCUT2D eigenvalue weighted by atomic mass is 10.0. The lowest BCUT2D eigenvalue weighted by Gasteiger charge is -2.36. The Balaban J connectivity index is 0.00000225. The van der Waals surface area contributed by atoms with Crippen molar-refractivity contribution in [2.45, 2.75) is 44.2 Å². The van der Waals surface area contributed by atoms with Gasteiger partial charge in [-0.15, -0.1) is 12.4 Å². The second-order valence-electron chi connectivity index (χ2n) is 6.82. The first-order valence-electron chi connectivity index (χ1n) is 8.98. The smallest absolute Gasteiger partial charge is 0.245 e. The first-order chi connectivity index (χ1) is 11.7. The average molecular weight is 366 g/mol. The molecule has 1 N–H and O–H groups in total. The van der Waals surface area contributed by atoms with Crippen LogP contribution in [0.4, 0.5) is 0 Å². The minimum Gasteiger partial charge on any atom is -0.339 e. The fraction of sp³-hybridized carbons (Fsp3) is 0.579. The molecule has 6 heteroatoms. The molecule has 1 aromatic rings. The Labute approximate surface area is 156 Å². The summed E-state index contributed by atoms with van der Waals surface area (Å²) in [6, 6.07) is 9.88. The van der Waals surface area contributed by atoms with Crippen LogP contribution in [0.5, 0.6) is 0 Å². The minimum absolute atomic E-state index is 0. The fourth-order valence-corrected chi connectivity index (χ4v) is 3.82. The molecular weight excluding hydrogens is 338 g/mol. The third-order valence-electron chi connectivity index (χ3n) is 5.20. The molecule has 0 aromatic heterocycles. The van der Waals surface area contributed by atoms with Crippen LogP contribution in [0.1, 0.15) is 31.2 Å². The van der Waals surface area contributed by atoms with Gasteiger partial charge in [0.15, 0.2) is 0 Å². The summed E-state index contributed by atoms with van der Waals surface area (Å²) >= 11 is 0. The van der Waals surface area contributed by atoms with Crippen molar-refractivity contribution in [3.8, 4) is 0 Å². The van der Waals surface area contributed by atoms with Gasteiger partial charge in [0.1, 0.15) is 6.04 Å². The lowest BCUT2D eigenvalue weighted by molar-refractivity contribution is -0.144. The number of likely N-dealkylation sites (N-methyl/N-ethyl adjacent to an activating group) is 1. The first-order valence-corrected chi connectivity index (χ1v) is 8.98. The van der Waals surface area contributed by atoms with Gasteiger partial charge in [-0.3, -0.25) is 9.59 Å². The number of carbonyl (C=O) groups is 2. The number of rotatable bonds is 4. The lowest BCUT2D eigenvalue weighted by Crippen LogP contribution is -2.53. The van der Waals surface area contributed by atoms with Crippen LogP contribution in [0.3, 0.4) is 0 Å². The second-order valence-corrected chi connectivity index (χ2v) is 6.82. The molecule has 3 rings (SSSR count). The van der Waals surface area contributed by atoms with E-state index < -0.39 is 0 Å². The van der Waals surface area contributed by atoms with E-state index in [0.717, 1.165) is 44.3 Å². The van der Waals surface area contributed by atoms with Crippen LogP contribution in [0.2, 0.25) is 0 Å². The molecule has 2 unspecified atom stereocenters. The largest absolute Gasteiger partial charge is 0.339 e. The molecule has 2 aliphatic heterocycles. The molecule has 0 aliphatic carbocycles. The Morgan fingerprint density at radius 2 is 1.84 bits per heavy atom. The highest BCUT2D eigenvalue weighted by Crippen LogP contribution is 2.22. The molecule has 138 valence electrons. The molecule has 2 fully saturated rings. The quantitative estimate of drug-likeness (QED) is 0.886. The van der Waals surface area contributed by atoms with Crippen LogP contribution in [0, 0.1) is 0 Å². The Hall–Kier alpha value is -1.59. The zero-order chi connectivity index (χ0) is 16.9. The summed E-state index contributed by atoms with van der Waals surface area (Å²) in [6.07, 6.45) is 4.23. The van der Waals surface area contributed by atoms with Gasteiger partial charge in [-0.05, 0) is 38.3 Å². The number of piperidine rings is 1. The molecule has 2 amide bonds. The number of hydrogen-bond donors (Lipinski definition) is 1. The zero-order valence-corrected chi connectivity index (χ0v) is 15.6. The molecule has 5 nitrogen and oxygen atoms in total. The van der Waals surface area contributed by atoms with Crippen LogP contribution in [0.15, 0.2) is 30.3 Å². The maximum absolute atomic E-state index is 12.9. The van der Waals surface area contributed by atoms with Crippen LogP contribution >= 0.6 is 12.4 Å². The first kappa shape index (κ1) is 19.7. The Bertz CT molecular complexity index is 581. The molecule has 2 atom stereocenters. The van der Waals surface area contributed by atoms with E-state index in [1.165, 1.54) is 0 Å². The predicted molar refractivity (Wildman–Crippen MR) is 101 cm³/mol. The summed E-state index contributed by atoms with van der Waals surface area (Å²) in [7, 11) is 1.95. The van der Waals surface area contributed by atoms with Gasteiger partial charge in [0.25, 0.3) is 0 Å². The molecule has 0 bridgehead atoms. The van der Waals surface area contributed by atoms with Crippen LogP contribution < -0.4 is 5.32 Å². The van der Waals surface area contributed by atoms with E-state index in [1.54, 1.807) is 4.90 Å². The van der Waals surface area contributed by atoms with Crippen LogP contribution in [-0.2, 0) is 16.0 Å². The molecule has 2 saturated heterocycles. The summed E-state index contributed by atoms with van der Waals surface area (Å²) in [6.45, 7) is 2.27. The Morgan fingerprint density at radius 1 is 1.12 bits per heavy atom. The Kier molecular flexibility index (Phi) is 7.26. The van der Waals surface area contributed by atoms with Crippen molar-refractivity contribution < 1.29 is 9.59 Å². The van der Waals surface area contributed by atoms with E-state index in [2.05, 4.69) is 5.32 Å². The summed E-state index contributed by atoms with van der Waals surface area (Å²) in [4.78, 5) is 29.4. The zero-order valence-electron chi connectivity index (χ0n) is 14.8. The number of likely N-dealkylation sites (tertiary alicyclic amines) is 2. The van der Waals surface area contributed by atoms with Crippen molar-refractivity contribution in [2.75, 3.05) is 26.7 Å². The summed E-state index contributed by atoms with van der Waals surface area (Å²) in [5, 5.41) is 3.27. The van der Waals surface area contributed by atoms with Crippen molar-refractivity contribution in [1.29, 1.82) is 0 Å². The van der Waals surface area contributed by atoms with E-state index in [4.69, 9.17) is 0 Å². The maximum atomic E-state index is 12.9. The van der Waals surface area contributed by atoms with E-state index in [0.29, 0.717) is 19.0 Å². The molecular formula is C19H28ClN3O2.